The number of carbonyl (C=O) groups is 1. The molecule has 0 unspecified atom stereocenters. The zero-order valence-electron chi connectivity index (χ0n) is 14.3. The zero-order valence-corrected chi connectivity index (χ0v) is 15.1. The number of ether oxygens (including phenoxy) is 2. The first-order valence-electron chi connectivity index (χ1n) is 8.17. The van der Waals surface area contributed by atoms with Gasteiger partial charge in [0.2, 0.25) is 0 Å². The first kappa shape index (κ1) is 17.1. The van der Waals surface area contributed by atoms with E-state index in [0.29, 0.717) is 21.5 Å². The van der Waals surface area contributed by atoms with E-state index < -0.39 is 6.16 Å². The Balaban J connectivity index is 2.13. The molecule has 27 heavy (non-hydrogen) atoms. The summed E-state index contributed by atoms with van der Waals surface area (Å²) in [6, 6.07) is 17.9. The number of halogens is 1. The maximum absolute atomic E-state index is 13.1. The summed E-state index contributed by atoms with van der Waals surface area (Å²) in [5.41, 5.74) is 1.35. The number of hydrogen-bond acceptors (Lipinski definition) is 4. The number of nitrogens with zero attached hydrogens (tertiary/aromatic N) is 1. The molecule has 0 fully saturated rings. The molecule has 2 aromatic carbocycles. The zero-order chi connectivity index (χ0) is 19.0. The average Bonchev–Trinajstić information content (AvgIpc) is 2.70. The summed E-state index contributed by atoms with van der Waals surface area (Å²) >= 11 is 6.15. The Kier molecular flexibility index (Phi) is 4.30. The molecule has 0 radical (unpaired) electrons. The van der Waals surface area contributed by atoms with E-state index in [2.05, 4.69) is 4.74 Å². The lowest BCUT2D eigenvalue weighted by Crippen LogP contribution is -2.18. The quantitative estimate of drug-likeness (QED) is 0.366. The van der Waals surface area contributed by atoms with Crippen LogP contribution in [0, 0.1) is 0 Å². The highest BCUT2D eigenvalue weighted by Crippen LogP contribution is 2.32. The van der Waals surface area contributed by atoms with E-state index in [1.807, 2.05) is 42.5 Å². The lowest BCUT2D eigenvalue weighted by molar-refractivity contribution is 0.122. The van der Waals surface area contributed by atoms with Crippen LogP contribution in [0.25, 0.3) is 27.4 Å². The summed E-state index contributed by atoms with van der Waals surface area (Å²) in [7, 11) is 1.23. The Morgan fingerprint density at radius 1 is 1.04 bits per heavy atom. The molecule has 5 nitrogen and oxygen atoms in total. The molecule has 0 saturated heterocycles. The molecule has 0 aliphatic carbocycles. The monoisotopic (exact) mass is 379 g/mol. The van der Waals surface area contributed by atoms with E-state index in [0.717, 1.165) is 10.9 Å². The van der Waals surface area contributed by atoms with Gasteiger partial charge in [0.05, 0.1) is 18.2 Å². The molecule has 0 saturated carbocycles. The molecule has 0 spiro atoms. The summed E-state index contributed by atoms with van der Waals surface area (Å²) in [5.74, 6) is 0.216. The first-order chi connectivity index (χ1) is 13.1. The number of aromatic nitrogens is 1. The minimum absolute atomic E-state index is 0.216. The first-order valence-corrected chi connectivity index (χ1v) is 8.55. The topological polar surface area (TPSA) is 57.0 Å². The molecular weight excluding hydrogens is 366 g/mol. The van der Waals surface area contributed by atoms with Gasteiger partial charge in [-0.2, -0.15) is 0 Å². The van der Waals surface area contributed by atoms with Crippen LogP contribution in [-0.2, 0) is 4.74 Å². The van der Waals surface area contributed by atoms with Crippen LogP contribution in [-0.4, -0.2) is 17.7 Å². The molecule has 0 amide bonds. The summed E-state index contributed by atoms with van der Waals surface area (Å²) in [4.78, 5) is 24.9. The Bertz CT molecular complexity index is 1230. The Labute approximate surface area is 159 Å². The summed E-state index contributed by atoms with van der Waals surface area (Å²) in [6.07, 6.45) is 0.790. The summed E-state index contributed by atoms with van der Waals surface area (Å²) in [6.45, 7) is 0. The Morgan fingerprint density at radius 2 is 1.81 bits per heavy atom. The van der Waals surface area contributed by atoms with Gasteiger partial charge in [0.15, 0.2) is 5.75 Å². The third-order valence-corrected chi connectivity index (χ3v) is 4.55. The van der Waals surface area contributed by atoms with Crippen molar-refractivity contribution in [2.45, 2.75) is 0 Å². The number of methoxy groups -OCH3 is 1. The van der Waals surface area contributed by atoms with Gasteiger partial charge in [-0.05, 0) is 35.2 Å². The number of fused-ring (bicyclic) bond motifs is 3. The van der Waals surface area contributed by atoms with Gasteiger partial charge >= 0.3 is 6.16 Å². The third kappa shape index (κ3) is 3.02. The van der Waals surface area contributed by atoms with Gasteiger partial charge in [0, 0.05) is 16.6 Å². The van der Waals surface area contributed by atoms with Gasteiger partial charge < -0.3 is 9.47 Å². The summed E-state index contributed by atoms with van der Waals surface area (Å²) in [5, 5.41) is 2.07. The highest BCUT2D eigenvalue weighted by molar-refractivity contribution is 6.31. The van der Waals surface area contributed by atoms with E-state index in [1.165, 1.54) is 11.5 Å². The Morgan fingerprint density at radius 3 is 2.56 bits per heavy atom. The lowest BCUT2D eigenvalue weighted by atomic mass is 10.0. The maximum Gasteiger partial charge on any atom is 0.513 e. The molecule has 0 bridgehead atoms. The third-order valence-electron chi connectivity index (χ3n) is 4.32. The molecule has 0 aliphatic rings. The van der Waals surface area contributed by atoms with Crippen molar-refractivity contribution < 1.29 is 14.3 Å². The van der Waals surface area contributed by atoms with Crippen molar-refractivity contribution in [3.63, 3.8) is 0 Å². The molecular formula is C21H14ClNO4. The van der Waals surface area contributed by atoms with Crippen molar-refractivity contribution in [1.29, 1.82) is 0 Å². The fraction of sp³-hybridized carbons (Fsp3) is 0.0476. The predicted octanol–water partition coefficient (Wildman–Crippen LogP) is 4.92. The predicted molar refractivity (Wildman–Crippen MR) is 105 cm³/mol. The molecule has 0 aliphatic heterocycles. The van der Waals surface area contributed by atoms with E-state index in [-0.39, 0.29) is 11.3 Å². The van der Waals surface area contributed by atoms with E-state index in [1.54, 1.807) is 24.4 Å². The number of carbonyl (C=O) groups excluding carboxylic acids is 1. The van der Waals surface area contributed by atoms with Crippen molar-refractivity contribution in [1.82, 2.24) is 4.40 Å². The fourth-order valence-electron chi connectivity index (χ4n) is 3.08. The molecule has 0 atom stereocenters. The number of rotatable bonds is 2. The lowest BCUT2D eigenvalue weighted by Gasteiger charge is -2.13. The maximum atomic E-state index is 13.1. The van der Waals surface area contributed by atoms with Gasteiger partial charge in [-0.3, -0.25) is 9.20 Å². The van der Waals surface area contributed by atoms with Crippen LogP contribution in [0.2, 0.25) is 5.02 Å². The van der Waals surface area contributed by atoms with Gasteiger partial charge in [0.25, 0.3) is 5.56 Å². The van der Waals surface area contributed by atoms with E-state index >= 15 is 0 Å². The van der Waals surface area contributed by atoms with Gasteiger partial charge in [-0.25, -0.2) is 4.79 Å². The van der Waals surface area contributed by atoms with Gasteiger partial charge in [-0.1, -0.05) is 48.0 Å². The van der Waals surface area contributed by atoms with Crippen LogP contribution < -0.4 is 10.3 Å². The van der Waals surface area contributed by atoms with Crippen molar-refractivity contribution in [2.24, 2.45) is 0 Å². The van der Waals surface area contributed by atoms with Crippen molar-refractivity contribution in [3.05, 3.63) is 82.2 Å². The fourth-order valence-corrected chi connectivity index (χ4v) is 3.26. The second-order valence-electron chi connectivity index (χ2n) is 5.92. The largest absolute Gasteiger partial charge is 0.513 e. The van der Waals surface area contributed by atoms with E-state index in [9.17, 15) is 9.59 Å². The molecule has 2 heterocycles. The van der Waals surface area contributed by atoms with Crippen LogP contribution >= 0.6 is 11.6 Å². The SMILES string of the molecule is COC(=O)Oc1cc(-c2ccccc2)c(=O)n2ccc3ccc(Cl)cc3c12. The molecule has 4 rings (SSSR count). The molecule has 2 aromatic heterocycles. The van der Waals surface area contributed by atoms with Crippen molar-refractivity contribution in [3.8, 4) is 16.9 Å². The summed E-state index contributed by atoms with van der Waals surface area (Å²) < 4.78 is 11.5. The van der Waals surface area contributed by atoms with Gasteiger partial charge in [-0.15, -0.1) is 0 Å². The van der Waals surface area contributed by atoms with Crippen LogP contribution in [0.3, 0.4) is 0 Å². The van der Waals surface area contributed by atoms with Gasteiger partial charge in [0.1, 0.15) is 0 Å². The molecule has 4 aromatic rings. The minimum Gasteiger partial charge on any atom is -0.437 e. The van der Waals surface area contributed by atoms with E-state index in [4.69, 9.17) is 16.3 Å². The second-order valence-corrected chi connectivity index (χ2v) is 6.35. The number of benzene rings is 2. The highest BCUT2D eigenvalue weighted by atomic mass is 35.5. The van der Waals surface area contributed by atoms with Crippen LogP contribution in [0.5, 0.6) is 5.75 Å². The average molecular weight is 380 g/mol. The minimum atomic E-state index is -0.867. The highest BCUT2D eigenvalue weighted by Gasteiger charge is 2.17. The van der Waals surface area contributed by atoms with Crippen LogP contribution in [0.1, 0.15) is 0 Å². The van der Waals surface area contributed by atoms with Crippen molar-refractivity contribution >= 4 is 34.0 Å². The normalized spacial score (nSPS) is 10.9. The number of pyridine rings is 2. The number of hydrogen-bond donors (Lipinski definition) is 0. The van der Waals surface area contributed by atoms with Crippen LogP contribution in [0.4, 0.5) is 4.79 Å². The molecule has 0 N–H and O–H groups in total. The Hall–Kier alpha value is -3.31. The standard InChI is InChI=1S/C21H14ClNO4/c1-26-21(25)27-18-12-17(13-5-3-2-4-6-13)20(24)23-10-9-14-7-8-15(22)11-16(14)19(18)23/h2-12H,1H3. The molecule has 6 heteroatoms. The molecule has 134 valence electrons. The van der Waals surface area contributed by atoms with Crippen molar-refractivity contribution in [2.75, 3.05) is 7.11 Å². The smallest absolute Gasteiger partial charge is 0.437 e. The van der Waals surface area contributed by atoms with Crippen LogP contribution in [0.15, 0.2) is 71.7 Å². The second kappa shape index (κ2) is 6.78.